The first kappa shape index (κ1) is 12.5. The van der Waals surface area contributed by atoms with Gasteiger partial charge >= 0.3 is 0 Å². The van der Waals surface area contributed by atoms with Crippen LogP contribution in [0.2, 0.25) is 0 Å². The standard InChI is InChI=1S/C13H24N2/c1-5-13(8-9-14)7-6-10-15(11-13)12(2,3)4/h5-8,10-11H2,1-4H3. The van der Waals surface area contributed by atoms with E-state index < -0.39 is 0 Å². The van der Waals surface area contributed by atoms with Crippen LogP contribution in [0.15, 0.2) is 0 Å². The van der Waals surface area contributed by atoms with E-state index in [2.05, 4.69) is 38.7 Å². The van der Waals surface area contributed by atoms with Crippen molar-refractivity contribution < 1.29 is 0 Å². The van der Waals surface area contributed by atoms with Gasteiger partial charge in [0.15, 0.2) is 0 Å². The van der Waals surface area contributed by atoms with Crippen molar-refractivity contribution in [2.45, 2.75) is 58.9 Å². The SMILES string of the molecule is CCC1(CC#N)CCCN(C(C)(C)C)C1. The Morgan fingerprint density at radius 3 is 2.53 bits per heavy atom. The zero-order chi connectivity index (χ0) is 11.5. The molecule has 1 aliphatic heterocycles. The lowest BCUT2D eigenvalue weighted by Gasteiger charge is -2.47. The van der Waals surface area contributed by atoms with Gasteiger partial charge in [-0.2, -0.15) is 5.26 Å². The number of rotatable bonds is 2. The number of hydrogen-bond acceptors (Lipinski definition) is 2. The summed E-state index contributed by atoms with van der Waals surface area (Å²) < 4.78 is 0. The lowest BCUT2D eigenvalue weighted by molar-refractivity contribution is 0.0250. The van der Waals surface area contributed by atoms with Crippen molar-refractivity contribution in [1.82, 2.24) is 4.90 Å². The highest BCUT2D eigenvalue weighted by molar-refractivity contribution is 4.95. The maximum atomic E-state index is 8.94. The summed E-state index contributed by atoms with van der Waals surface area (Å²) in [5, 5.41) is 8.94. The summed E-state index contributed by atoms with van der Waals surface area (Å²) in [6.07, 6.45) is 4.32. The monoisotopic (exact) mass is 208 g/mol. The first-order valence-corrected chi connectivity index (χ1v) is 6.05. The van der Waals surface area contributed by atoms with Gasteiger partial charge in [-0.15, -0.1) is 0 Å². The van der Waals surface area contributed by atoms with Gasteiger partial charge in [0.05, 0.1) is 6.07 Å². The van der Waals surface area contributed by atoms with E-state index in [1.807, 2.05) is 0 Å². The van der Waals surface area contributed by atoms with E-state index in [0.717, 1.165) is 19.4 Å². The average molecular weight is 208 g/mol. The lowest BCUT2D eigenvalue weighted by atomic mass is 9.74. The molecule has 0 aromatic carbocycles. The molecule has 15 heavy (non-hydrogen) atoms. The van der Waals surface area contributed by atoms with Crippen LogP contribution in [0.25, 0.3) is 0 Å². The summed E-state index contributed by atoms with van der Waals surface area (Å²) in [5.41, 5.74) is 0.510. The zero-order valence-corrected chi connectivity index (χ0v) is 10.6. The maximum Gasteiger partial charge on any atom is 0.0628 e. The molecule has 1 aliphatic rings. The molecule has 0 bridgehead atoms. The molecule has 0 amide bonds. The Hall–Kier alpha value is -0.550. The molecule has 2 nitrogen and oxygen atoms in total. The minimum absolute atomic E-state index is 0.246. The summed E-state index contributed by atoms with van der Waals surface area (Å²) >= 11 is 0. The summed E-state index contributed by atoms with van der Waals surface area (Å²) in [6.45, 7) is 11.3. The van der Waals surface area contributed by atoms with Gasteiger partial charge < -0.3 is 0 Å². The van der Waals surface area contributed by atoms with E-state index in [4.69, 9.17) is 5.26 Å². The summed E-state index contributed by atoms with van der Waals surface area (Å²) in [7, 11) is 0. The highest BCUT2D eigenvalue weighted by Crippen LogP contribution is 2.38. The van der Waals surface area contributed by atoms with E-state index in [0.29, 0.717) is 0 Å². The van der Waals surface area contributed by atoms with E-state index in [9.17, 15) is 0 Å². The fourth-order valence-electron chi connectivity index (χ4n) is 2.51. The third kappa shape index (κ3) is 2.95. The van der Waals surface area contributed by atoms with Gasteiger partial charge in [0.25, 0.3) is 0 Å². The van der Waals surface area contributed by atoms with Crippen LogP contribution in [-0.2, 0) is 0 Å². The van der Waals surface area contributed by atoms with Gasteiger partial charge in [-0.25, -0.2) is 0 Å². The minimum Gasteiger partial charge on any atom is -0.298 e. The Kier molecular flexibility index (Phi) is 3.78. The van der Waals surface area contributed by atoms with Crippen LogP contribution in [0.4, 0.5) is 0 Å². The topological polar surface area (TPSA) is 27.0 Å². The van der Waals surface area contributed by atoms with Crippen LogP contribution in [-0.4, -0.2) is 23.5 Å². The predicted octanol–water partition coefficient (Wildman–Crippen LogP) is 3.19. The molecule has 1 unspecified atom stereocenters. The number of hydrogen-bond donors (Lipinski definition) is 0. The fourth-order valence-corrected chi connectivity index (χ4v) is 2.51. The van der Waals surface area contributed by atoms with E-state index >= 15 is 0 Å². The molecule has 0 aromatic rings. The van der Waals surface area contributed by atoms with Crippen molar-refractivity contribution >= 4 is 0 Å². The third-order valence-corrected chi connectivity index (χ3v) is 3.81. The highest BCUT2D eigenvalue weighted by Gasteiger charge is 2.37. The predicted molar refractivity (Wildman–Crippen MR) is 63.5 cm³/mol. The van der Waals surface area contributed by atoms with Gasteiger partial charge in [0.1, 0.15) is 0 Å². The van der Waals surface area contributed by atoms with Gasteiger partial charge in [-0.1, -0.05) is 6.92 Å². The molecule has 0 radical (unpaired) electrons. The number of piperidine rings is 1. The van der Waals surface area contributed by atoms with Gasteiger partial charge in [0.2, 0.25) is 0 Å². The molecule has 0 aromatic heterocycles. The van der Waals surface area contributed by atoms with Crippen LogP contribution in [0.1, 0.15) is 53.4 Å². The van der Waals surface area contributed by atoms with Crippen molar-refractivity contribution in [2.24, 2.45) is 5.41 Å². The molecule has 1 saturated heterocycles. The van der Waals surface area contributed by atoms with Crippen molar-refractivity contribution in [1.29, 1.82) is 5.26 Å². The van der Waals surface area contributed by atoms with Crippen LogP contribution < -0.4 is 0 Å². The van der Waals surface area contributed by atoms with Crippen LogP contribution in [0, 0.1) is 16.7 Å². The van der Waals surface area contributed by atoms with Crippen molar-refractivity contribution in [3.05, 3.63) is 0 Å². The first-order chi connectivity index (χ1) is 6.93. The second-order valence-corrected chi connectivity index (χ2v) is 5.88. The third-order valence-electron chi connectivity index (χ3n) is 3.81. The smallest absolute Gasteiger partial charge is 0.0628 e. The lowest BCUT2D eigenvalue weighted by Crippen LogP contribution is -2.51. The normalized spacial score (nSPS) is 28.7. The maximum absolute atomic E-state index is 8.94. The molecule has 2 heteroatoms. The van der Waals surface area contributed by atoms with Crippen molar-refractivity contribution in [3.63, 3.8) is 0 Å². The molecular weight excluding hydrogens is 184 g/mol. The Balaban J connectivity index is 2.73. The molecule has 1 fully saturated rings. The van der Waals surface area contributed by atoms with Crippen LogP contribution >= 0.6 is 0 Å². The molecule has 1 heterocycles. The minimum atomic E-state index is 0.246. The van der Waals surface area contributed by atoms with Gasteiger partial charge in [-0.3, -0.25) is 4.90 Å². The second kappa shape index (κ2) is 4.53. The number of nitriles is 1. The summed E-state index contributed by atoms with van der Waals surface area (Å²) in [6, 6.07) is 2.37. The molecule has 1 rings (SSSR count). The highest BCUT2D eigenvalue weighted by atomic mass is 15.2. The van der Waals surface area contributed by atoms with Gasteiger partial charge in [-0.05, 0) is 52.0 Å². The molecule has 0 spiro atoms. The van der Waals surface area contributed by atoms with Crippen molar-refractivity contribution in [2.75, 3.05) is 13.1 Å². The number of likely N-dealkylation sites (tertiary alicyclic amines) is 1. The largest absolute Gasteiger partial charge is 0.298 e. The van der Waals surface area contributed by atoms with Gasteiger partial charge in [0, 0.05) is 18.5 Å². The van der Waals surface area contributed by atoms with Crippen molar-refractivity contribution in [3.8, 4) is 6.07 Å². The Morgan fingerprint density at radius 1 is 1.40 bits per heavy atom. The molecular formula is C13H24N2. The Bertz CT molecular complexity index is 246. The van der Waals surface area contributed by atoms with E-state index in [1.165, 1.54) is 19.4 Å². The number of nitrogens with zero attached hydrogens (tertiary/aromatic N) is 2. The first-order valence-electron chi connectivity index (χ1n) is 6.05. The molecule has 0 saturated carbocycles. The fraction of sp³-hybridized carbons (Fsp3) is 0.923. The molecule has 86 valence electrons. The average Bonchev–Trinajstić information content (AvgIpc) is 2.17. The molecule has 1 atom stereocenters. The summed E-state index contributed by atoms with van der Waals surface area (Å²) in [5.74, 6) is 0. The molecule has 0 aliphatic carbocycles. The molecule has 0 N–H and O–H groups in total. The van der Waals surface area contributed by atoms with Crippen LogP contribution in [0.3, 0.4) is 0 Å². The Morgan fingerprint density at radius 2 is 2.07 bits per heavy atom. The quantitative estimate of drug-likeness (QED) is 0.697. The summed E-state index contributed by atoms with van der Waals surface area (Å²) in [4.78, 5) is 2.54. The zero-order valence-electron chi connectivity index (χ0n) is 10.6. The second-order valence-electron chi connectivity index (χ2n) is 5.88. The van der Waals surface area contributed by atoms with E-state index in [1.54, 1.807) is 0 Å². The van der Waals surface area contributed by atoms with Crippen LogP contribution in [0.5, 0.6) is 0 Å². The van der Waals surface area contributed by atoms with E-state index in [-0.39, 0.29) is 11.0 Å². The Labute approximate surface area is 94.3 Å².